The van der Waals surface area contributed by atoms with E-state index in [1.165, 1.54) is 64.2 Å². The predicted molar refractivity (Wildman–Crippen MR) is 95.2 cm³/mol. The van der Waals surface area contributed by atoms with Gasteiger partial charge in [0.05, 0.1) is 0 Å². The van der Waals surface area contributed by atoms with Crippen LogP contribution < -0.4 is 10.2 Å². The fourth-order valence-electron chi connectivity index (χ4n) is 2.45. The van der Waals surface area contributed by atoms with Crippen LogP contribution in [0.15, 0.2) is 0 Å². The summed E-state index contributed by atoms with van der Waals surface area (Å²) in [5.74, 6) is -1.83. The molecule has 0 N–H and O–H groups in total. The summed E-state index contributed by atoms with van der Waals surface area (Å²) in [4.78, 5) is 20.0. The second-order valence-corrected chi connectivity index (χ2v) is 6.49. The monoisotopic (exact) mass is 405 g/mol. The van der Waals surface area contributed by atoms with E-state index in [4.69, 9.17) is 0 Å². The van der Waals surface area contributed by atoms with Gasteiger partial charge in [-0.25, -0.2) is 0 Å². The summed E-state index contributed by atoms with van der Waals surface area (Å²) in [5.41, 5.74) is 0. The molecule has 25 heavy (non-hydrogen) atoms. The standard InChI is InChI=1S/2C10H20O2.Cu/c2*1-2-3-4-5-6-7-8-9-10(11)12;/h2*2-9H2,1H3,(H,11,12);/q;;+2/p-2. The minimum Gasteiger partial charge on any atom is -0.550 e. The average Bonchev–Trinajstić information content (AvgIpc) is 2.53. The first kappa shape index (κ1) is 29.2. The number of aliphatic carboxylic acids is 2. The van der Waals surface area contributed by atoms with Gasteiger partial charge in [0.1, 0.15) is 0 Å². The molecule has 0 amide bonds. The van der Waals surface area contributed by atoms with E-state index in [0.29, 0.717) is 0 Å². The molecule has 0 aliphatic rings. The first-order chi connectivity index (χ1) is 11.5. The summed E-state index contributed by atoms with van der Waals surface area (Å²) in [7, 11) is 0. The summed E-state index contributed by atoms with van der Waals surface area (Å²) in [6.07, 6.45) is 16.7. The summed E-state index contributed by atoms with van der Waals surface area (Å²) in [5, 5.41) is 20.0. The maximum absolute atomic E-state index is 10.0. The second kappa shape index (κ2) is 25.7. The van der Waals surface area contributed by atoms with E-state index < -0.39 is 11.9 Å². The minimum atomic E-state index is -0.913. The second-order valence-electron chi connectivity index (χ2n) is 6.49. The Kier molecular flexibility index (Phi) is 30.0. The van der Waals surface area contributed by atoms with Crippen LogP contribution in [0.3, 0.4) is 0 Å². The summed E-state index contributed by atoms with van der Waals surface area (Å²) < 4.78 is 0. The molecule has 0 aromatic heterocycles. The van der Waals surface area contributed by atoms with Crippen molar-refractivity contribution in [2.24, 2.45) is 0 Å². The number of hydrogen-bond donors (Lipinski definition) is 0. The zero-order chi connectivity index (χ0) is 18.5. The van der Waals surface area contributed by atoms with E-state index in [0.717, 1.165) is 25.7 Å². The first-order valence-electron chi connectivity index (χ1n) is 9.94. The molecule has 0 rings (SSSR count). The molecule has 4 nitrogen and oxygen atoms in total. The Morgan fingerprint density at radius 3 is 1.00 bits per heavy atom. The van der Waals surface area contributed by atoms with Gasteiger partial charge >= 0.3 is 17.1 Å². The maximum Gasteiger partial charge on any atom is 2.00 e. The molecule has 0 unspecified atom stereocenters. The van der Waals surface area contributed by atoms with Crippen LogP contribution in [0.4, 0.5) is 0 Å². The number of unbranched alkanes of at least 4 members (excludes halogenated alkanes) is 12. The molecule has 1 radical (unpaired) electrons. The van der Waals surface area contributed by atoms with Gasteiger partial charge in [-0.05, 0) is 25.7 Å². The molecule has 0 atom stereocenters. The number of carboxylic acid groups (broad SMARTS) is 2. The van der Waals surface area contributed by atoms with Gasteiger partial charge in [0.25, 0.3) is 0 Å². The van der Waals surface area contributed by atoms with Gasteiger partial charge in [0.15, 0.2) is 0 Å². The smallest absolute Gasteiger partial charge is 0.550 e. The van der Waals surface area contributed by atoms with Crippen molar-refractivity contribution in [1.29, 1.82) is 0 Å². The van der Waals surface area contributed by atoms with Crippen LogP contribution in [-0.4, -0.2) is 11.9 Å². The van der Waals surface area contributed by atoms with Crippen LogP contribution in [0.2, 0.25) is 0 Å². The molecule has 0 bridgehead atoms. The molecule has 0 aromatic carbocycles. The molecule has 0 saturated carbocycles. The fourth-order valence-corrected chi connectivity index (χ4v) is 2.45. The summed E-state index contributed by atoms with van der Waals surface area (Å²) in [6.45, 7) is 4.38. The van der Waals surface area contributed by atoms with Crippen LogP contribution in [0.5, 0.6) is 0 Å². The summed E-state index contributed by atoms with van der Waals surface area (Å²) >= 11 is 0. The van der Waals surface area contributed by atoms with Gasteiger partial charge in [-0.2, -0.15) is 0 Å². The van der Waals surface area contributed by atoms with Gasteiger partial charge < -0.3 is 19.8 Å². The van der Waals surface area contributed by atoms with E-state index in [1.807, 2.05) is 0 Å². The van der Waals surface area contributed by atoms with Crippen molar-refractivity contribution in [3.8, 4) is 0 Å². The zero-order valence-corrected chi connectivity index (χ0v) is 17.2. The van der Waals surface area contributed by atoms with Crippen LogP contribution in [-0.2, 0) is 26.7 Å². The normalized spacial score (nSPS) is 9.68. The number of carbonyl (C=O) groups excluding carboxylic acids is 2. The minimum absolute atomic E-state index is 0. The molecule has 5 heteroatoms. The van der Waals surface area contributed by atoms with Crippen molar-refractivity contribution in [1.82, 2.24) is 0 Å². The number of rotatable bonds is 16. The van der Waals surface area contributed by atoms with E-state index in [-0.39, 0.29) is 29.9 Å². The molecule has 0 aliphatic carbocycles. The molecule has 0 spiro atoms. The number of carbonyl (C=O) groups is 2. The molecule has 0 aromatic rings. The van der Waals surface area contributed by atoms with Crippen molar-refractivity contribution in [3.63, 3.8) is 0 Å². The van der Waals surface area contributed by atoms with E-state index in [9.17, 15) is 19.8 Å². The van der Waals surface area contributed by atoms with Gasteiger partial charge in [0.2, 0.25) is 0 Å². The molecule has 0 fully saturated rings. The molecule has 0 saturated heterocycles. The van der Waals surface area contributed by atoms with Crippen molar-refractivity contribution in [3.05, 3.63) is 0 Å². The van der Waals surface area contributed by atoms with E-state index >= 15 is 0 Å². The number of hydrogen-bond acceptors (Lipinski definition) is 4. The maximum atomic E-state index is 10.0. The Bertz CT molecular complexity index is 255. The van der Waals surface area contributed by atoms with Crippen LogP contribution in [0.25, 0.3) is 0 Å². The van der Waals surface area contributed by atoms with E-state index in [1.54, 1.807) is 0 Å². The number of carboxylic acids is 2. The molecule has 153 valence electrons. The quantitative estimate of drug-likeness (QED) is 0.289. The summed E-state index contributed by atoms with van der Waals surface area (Å²) in [6, 6.07) is 0. The Balaban J connectivity index is -0.000000372. The van der Waals surface area contributed by atoms with Crippen molar-refractivity contribution in [2.75, 3.05) is 0 Å². The molecular formula is C20H38CuO4. The van der Waals surface area contributed by atoms with Gasteiger partial charge in [-0.1, -0.05) is 90.9 Å². The van der Waals surface area contributed by atoms with Crippen LogP contribution >= 0.6 is 0 Å². The van der Waals surface area contributed by atoms with Gasteiger partial charge in [0, 0.05) is 11.9 Å². The van der Waals surface area contributed by atoms with Crippen molar-refractivity contribution < 1.29 is 36.9 Å². The molecule has 0 heterocycles. The largest absolute Gasteiger partial charge is 2.00 e. The van der Waals surface area contributed by atoms with Crippen molar-refractivity contribution in [2.45, 2.75) is 117 Å². The molecule has 0 aliphatic heterocycles. The average molecular weight is 406 g/mol. The van der Waals surface area contributed by atoms with Crippen LogP contribution in [0.1, 0.15) is 117 Å². The zero-order valence-electron chi connectivity index (χ0n) is 16.2. The predicted octanol–water partition coefficient (Wildman–Crippen LogP) is 3.75. The Morgan fingerprint density at radius 2 is 0.760 bits per heavy atom. The third kappa shape index (κ3) is 35.4. The molecular weight excluding hydrogens is 368 g/mol. The third-order valence-electron chi connectivity index (χ3n) is 3.97. The Hall–Kier alpha value is -0.541. The van der Waals surface area contributed by atoms with Crippen molar-refractivity contribution >= 4 is 11.9 Å². The first-order valence-corrected chi connectivity index (χ1v) is 9.94. The Labute approximate surface area is 165 Å². The topological polar surface area (TPSA) is 80.3 Å². The van der Waals surface area contributed by atoms with Gasteiger partial charge in [-0.15, -0.1) is 0 Å². The van der Waals surface area contributed by atoms with E-state index in [2.05, 4.69) is 13.8 Å². The fraction of sp³-hybridized carbons (Fsp3) is 0.900. The van der Waals surface area contributed by atoms with Crippen LogP contribution in [0, 0.1) is 0 Å². The SMILES string of the molecule is CCCCCCCCCC(=O)[O-].CCCCCCCCCC(=O)[O-].[Cu+2]. The van der Waals surface area contributed by atoms with Gasteiger partial charge in [-0.3, -0.25) is 0 Å². The third-order valence-corrected chi connectivity index (χ3v) is 3.97. The Morgan fingerprint density at radius 1 is 0.520 bits per heavy atom.